The van der Waals surface area contributed by atoms with Crippen LogP contribution in [0.2, 0.25) is 5.02 Å². The number of carbonyl (C=O) groups is 1. The standard InChI is InChI=1S/C18H15ClF3N5OS/c1-11(28)23-8-7-15-25-26-17(27(15)14-4-2-3-13(19)9-14)29-16-6-5-12(10-24-16)18(20,21)22/h2-6,9-10H,7-8H2,1H3,(H,23,28). The molecule has 3 aromatic rings. The number of aromatic nitrogens is 4. The van der Waals surface area contributed by atoms with Gasteiger partial charge in [-0.1, -0.05) is 17.7 Å². The van der Waals surface area contributed by atoms with Crippen LogP contribution in [0.1, 0.15) is 18.3 Å². The average molecular weight is 442 g/mol. The first-order valence-electron chi connectivity index (χ1n) is 8.40. The second-order valence-electron chi connectivity index (χ2n) is 5.93. The van der Waals surface area contributed by atoms with E-state index in [-0.39, 0.29) is 5.91 Å². The van der Waals surface area contributed by atoms with Crippen LogP contribution in [-0.2, 0) is 17.4 Å². The monoisotopic (exact) mass is 441 g/mol. The average Bonchev–Trinajstić information content (AvgIpc) is 3.03. The lowest BCUT2D eigenvalue weighted by Gasteiger charge is -2.11. The Morgan fingerprint density at radius 2 is 2.03 bits per heavy atom. The largest absolute Gasteiger partial charge is 0.417 e. The molecule has 0 saturated carbocycles. The Balaban J connectivity index is 1.91. The maximum atomic E-state index is 12.7. The van der Waals surface area contributed by atoms with E-state index in [9.17, 15) is 18.0 Å². The molecule has 0 aliphatic carbocycles. The van der Waals surface area contributed by atoms with Crippen molar-refractivity contribution in [3.63, 3.8) is 0 Å². The van der Waals surface area contributed by atoms with Crippen molar-refractivity contribution in [1.82, 2.24) is 25.1 Å². The Hall–Kier alpha value is -2.59. The molecule has 6 nitrogen and oxygen atoms in total. The molecule has 0 radical (unpaired) electrons. The van der Waals surface area contributed by atoms with Crippen LogP contribution in [-0.4, -0.2) is 32.2 Å². The van der Waals surface area contributed by atoms with Crippen LogP contribution < -0.4 is 5.32 Å². The molecule has 29 heavy (non-hydrogen) atoms. The number of amides is 1. The van der Waals surface area contributed by atoms with Gasteiger partial charge in [-0.2, -0.15) is 13.2 Å². The fourth-order valence-electron chi connectivity index (χ4n) is 2.46. The van der Waals surface area contributed by atoms with E-state index in [0.29, 0.717) is 39.7 Å². The van der Waals surface area contributed by atoms with Gasteiger partial charge in [-0.15, -0.1) is 10.2 Å². The van der Waals surface area contributed by atoms with Crippen LogP contribution in [0.25, 0.3) is 5.69 Å². The minimum atomic E-state index is -4.45. The minimum absolute atomic E-state index is 0.164. The first kappa shape index (κ1) is 21.1. The molecular weight excluding hydrogens is 427 g/mol. The predicted molar refractivity (Wildman–Crippen MR) is 102 cm³/mol. The molecule has 2 heterocycles. The lowest BCUT2D eigenvalue weighted by molar-refractivity contribution is -0.137. The molecule has 0 saturated heterocycles. The lowest BCUT2D eigenvalue weighted by Crippen LogP contribution is -2.23. The summed E-state index contributed by atoms with van der Waals surface area (Å²) in [6, 6.07) is 9.25. The summed E-state index contributed by atoms with van der Waals surface area (Å²) in [6.07, 6.45) is -3.27. The number of nitrogens with one attached hydrogen (secondary N) is 1. The zero-order chi connectivity index (χ0) is 21.0. The highest BCUT2D eigenvalue weighted by Crippen LogP contribution is 2.32. The summed E-state index contributed by atoms with van der Waals surface area (Å²) in [5.74, 6) is 0.401. The molecular formula is C18H15ClF3N5OS. The third-order valence-electron chi connectivity index (χ3n) is 3.75. The van der Waals surface area contributed by atoms with Crippen molar-refractivity contribution < 1.29 is 18.0 Å². The van der Waals surface area contributed by atoms with Gasteiger partial charge in [0.2, 0.25) is 11.1 Å². The van der Waals surface area contributed by atoms with E-state index in [1.54, 1.807) is 28.8 Å². The molecule has 3 rings (SSSR count). The second kappa shape index (κ2) is 8.83. The molecule has 11 heteroatoms. The number of rotatable bonds is 6. The smallest absolute Gasteiger partial charge is 0.356 e. The fourth-order valence-corrected chi connectivity index (χ4v) is 3.45. The zero-order valence-electron chi connectivity index (χ0n) is 15.1. The SMILES string of the molecule is CC(=O)NCCc1nnc(Sc2ccc(C(F)(F)F)cn2)n1-c1cccc(Cl)c1. The van der Waals surface area contributed by atoms with Gasteiger partial charge in [-0.25, -0.2) is 4.98 Å². The van der Waals surface area contributed by atoms with Gasteiger partial charge in [-0.3, -0.25) is 9.36 Å². The third kappa shape index (κ3) is 5.48. The maximum absolute atomic E-state index is 12.7. The summed E-state index contributed by atoms with van der Waals surface area (Å²) in [5.41, 5.74) is -0.135. The number of pyridine rings is 1. The van der Waals surface area contributed by atoms with Crippen molar-refractivity contribution in [2.45, 2.75) is 29.7 Å². The molecule has 2 aromatic heterocycles. The van der Waals surface area contributed by atoms with Crippen molar-refractivity contribution in [2.24, 2.45) is 0 Å². The minimum Gasteiger partial charge on any atom is -0.356 e. The van der Waals surface area contributed by atoms with Gasteiger partial charge in [0.1, 0.15) is 10.9 Å². The number of alkyl halides is 3. The highest BCUT2D eigenvalue weighted by Gasteiger charge is 2.30. The normalized spacial score (nSPS) is 11.5. The van der Waals surface area contributed by atoms with E-state index in [2.05, 4.69) is 20.5 Å². The van der Waals surface area contributed by atoms with Gasteiger partial charge in [0.15, 0.2) is 0 Å². The van der Waals surface area contributed by atoms with E-state index in [0.717, 1.165) is 24.0 Å². The highest BCUT2D eigenvalue weighted by molar-refractivity contribution is 7.99. The van der Waals surface area contributed by atoms with Gasteiger partial charge in [0.05, 0.1) is 11.3 Å². The van der Waals surface area contributed by atoms with E-state index >= 15 is 0 Å². The van der Waals surface area contributed by atoms with Crippen LogP contribution in [0.4, 0.5) is 13.2 Å². The van der Waals surface area contributed by atoms with Crippen LogP contribution in [0, 0.1) is 0 Å². The Labute approximate surface area is 173 Å². The van der Waals surface area contributed by atoms with Crippen molar-refractivity contribution in [2.75, 3.05) is 6.54 Å². The maximum Gasteiger partial charge on any atom is 0.417 e. The predicted octanol–water partition coefficient (Wildman–Crippen LogP) is 4.16. The molecule has 1 amide bonds. The number of hydrogen-bond donors (Lipinski definition) is 1. The summed E-state index contributed by atoms with van der Waals surface area (Å²) in [4.78, 5) is 15.0. The van der Waals surface area contributed by atoms with E-state index in [1.807, 2.05) is 0 Å². The van der Waals surface area contributed by atoms with Crippen molar-refractivity contribution in [1.29, 1.82) is 0 Å². The Morgan fingerprint density at radius 1 is 1.24 bits per heavy atom. The molecule has 0 aliphatic rings. The van der Waals surface area contributed by atoms with Crippen LogP contribution >= 0.6 is 23.4 Å². The molecule has 0 unspecified atom stereocenters. The summed E-state index contributed by atoms with van der Waals surface area (Å²) >= 11 is 7.17. The topological polar surface area (TPSA) is 72.7 Å². The first-order chi connectivity index (χ1) is 13.7. The number of carbonyl (C=O) groups excluding carboxylic acids is 1. The van der Waals surface area contributed by atoms with Crippen LogP contribution in [0.3, 0.4) is 0 Å². The molecule has 0 bridgehead atoms. The van der Waals surface area contributed by atoms with Gasteiger partial charge in [0.25, 0.3) is 0 Å². The quantitative estimate of drug-likeness (QED) is 0.621. The number of nitrogens with zero attached hydrogens (tertiary/aromatic N) is 4. The third-order valence-corrected chi connectivity index (χ3v) is 4.88. The fraction of sp³-hybridized carbons (Fsp3) is 0.222. The summed E-state index contributed by atoms with van der Waals surface area (Å²) < 4.78 is 39.9. The Bertz CT molecular complexity index is 1010. The van der Waals surface area contributed by atoms with Gasteiger partial charge in [-0.05, 0) is 42.1 Å². The van der Waals surface area contributed by atoms with E-state index in [4.69, 9.17) is 11.6 Å². The summed E-state index contributed by atoms with van der Waals surface area (Å²) in [7, 11) is 0. The summed E-state index contributed by atoms with van der Waals surface area (Å²) in [5, 5.41) is 12.3. The van der Waals surface area contributed by atoms with Crippen molar-refractivity contribution in [3.8, 4) is 5.69 Å². The molecule has 0 atom stereocenters. The second-order valence-corrected chi connectivity index (χ2v) is 7.36. The van der Waals surface area contributed by atoms with Crippen molar-refractivity contribution in [3.05, 3.63) is 59.0 Å². The van der Waals surface area contributed by atoms with E-state index in [1.165, 1.54) is 13.0 Å². The van der Waals surface area contributed by atoms with Crippen LogP contribution in [0.15, 0.2) is 52.8 Å². The first-order valence-corrected chi connectivity index (χ1v) is 9.59. The molecule has 1 N–H and O–H groups in total. The number of hydrogen-bond acceptors (Lipinski definition) is 5. The Kier molecular flexibility index (Phi) is 6.43. The summed E-state index contributed by atoms with van der Waals surface area (Å²) in [6.45, 7) is 1.77. The van der Waals surface area contributed by atoms with E-state index < -0.39 is 11.7 Å². The molecule has 0 fully saturated rings. The zero-order valence-corrected chi connectivity index (χ0v) is 16.6. The molecule has 0 aliphatic heterocycles. The molecule has 0 spiro atoms. The van der Waals surface area contributed by atoms with Gasteiger partial charge < -0.3 is 5.32 Å². The number of halogens is 4. The highest BCUT2D eigenvalue weighted by atomic mass is 35.5. The van der Waals surface area contributed by atoms with Crippen molar-refractivity contribution >= 4 is 29.3 Å². The molecule has 152 valence electrons. The Morgan fingerprint density at radius 3 is 2.66 bits per heavy atom. The van der Waals surface area contributed by atoms with Gasteiger partial charge >= 0.3 is 6.18 Å². The van der Waals surface area contributed by atoms with Crippen LogP contribution in [0.5, 0.6) is 0 Å². The lowest BCUT2D eigenvalue weighted by atomic mass is 10.3. The van der Waals surface area contributed by atoms with Gasteiger partial charge in [0, 0.05) is 31.1 Å². The molecule has 1 aromatic carbocycles. The number of benzene rings is 1.